The van der Waals surface area contributed by atoms with Crippen molar-refractivity contribution in [2.24, 2.45) is 33.5 Å². The van der Waals surface area contributed by atoms with Crippen molar-refractivity contribution in [3.8, 4) is 0 Å². The lowest BCUT2D eigenvalue weighted by Gasteiger charge is -2.40. The predicted octanol–water partition coefficient (Wildman–Crippen LogP) is 5.21. The zero-order valence-corrected chi connectivity index (χ0v) is 38.3. The fourth-order valence-electron chi connectivity index (χ4n) is 12.3. The lowest BCUT2D eigenvalue weighted by atomic mass is 9.73. The molecule has 1 aromatic rings. The number of benzene rings is 1. The van der Waals surface area contributed by atoms with E-state index in [1.807, 2.05) is 20.8 Å². The molecule has 4 aliphatic carbocycles. The van der Waals surface area contributed by atoms with Crippen molar-refractivity contribution in [1.82, 2.24) is 30.5 Å². The van der Waals surface area contributed by atoms with Crippen LogP contribution in [0.5, 0.6) is 0 Å². The Labute approximate surface area is 363 Å². The van der Waals surface area contributed by atoms with E-state index < -0.39 is 56.8 Å². The van der Waals surface area contributed by atoms with Crippen LogP contribution in [0.2, 0.25) is 0 Å². The Bertz CT molecular complexity index is 2000. The summed E-state index contributed by atoms with van der Waals surface area (Å²) in [6.07, 6.45) is 12.4. The molecule has 13 nitrogen and oxygen atoms in total. The first-order valence-electron chi connectivity index (χ1n) is 22.9. The monoisotopic (exact) mass is 863 g/mol. The SMILES string of the molecule is C=C[C@@H]1C[C@]1(NC(=O)[C@@H]1C[C@@]2(CN1C(=O)[C@@H](NC(=O)[C@@H](NC(=O)[C@@H]1CCCCN1C(C)C)C1CCCCC1)C(C)(C)C)C(C)(C)C21CCC1)C(=O)NS(=O)(=O)c1ccccc1. The fraction of sp³-hybridized carbons (Fsp3) is 0.723. The molecule has 0 radical (unpaired) electrons. The zero-order chi connectivity index (χ0) is 44.3. The molecule has 2 aliphatic heterocycles. The highest BCUT2D eigenvalue weighted by molar-refractivity contribution is 7.90. The van der Waals surface area contributed by atoms with Gasteiger partial charge >= 0.3 is 0 Å². The van der Waals surface area contributed by atoms with Crippen molar-refractivity contribution < 1.29 is 32.4 Å². The molecule has 14 heteroatoms. The average Bonchev–Trinajstić information content (AvgIpc) is 3.93. The summed E-state index contributed by atoms with van der Waals surface area (Å²) >= 11 is 0. The van der Waals surface area contributed by atoms with Crippen LogP contribution in [0.15, 0.2) is 47.9 Å². The summed E-state index contributed by atoms with van der Waals surface area (Å²) in [5, 5.41) is 9.30. The van der Waals surface area contributed by atoms with E-state index in [0.29, 0.717) is 13.0 Å². The van der Waals surface area contributed by atoms with Gasteiger partial charge in [0.25, 0.3) is 15.9 Å². The van der Waals surface area contributed by atoms with E-state index in [1.165, 1.54) is 12.1 Å². The van der Waals surface area contributed by atoms with E-state index in [1.54, 1.807) is 29.2 Å². The Morgan fingerprint density at radius 3 is 2.05 bits per heavy atom. The summed E-state index contributed by atoms with van der Waals surface area (Å²) in [4.78, 5) is 76.6. The molecule has 2 heterocycles. The minimum absolute atomic E-state index is 0.0323. The van der Waals surface area contributed by atoms with Gasteiger partial charge in [-0.3, -0.25) is 28.9 Å². The first-order valence-corrected chi connectivity index (χ1v) is 24.4. The molecule has 7 rings (SSSR count). The van der Waals surface area contributed by atoms with Gasteiger partial charge in [-0.2, -0.15) is 0 Å². The lowest BCUT2D eigenvalue weighted by molar-refractivity contribution is -0.145. The summed E-state index contributed by atoms with van der Waals surface area (Å²) in [6.45, 7) is 19.3. The number of nitrogens with one attached hydrogen (secondary N) is 4. The van der Waals surface area contributed by atoms with Gasteiger partial charge in [-0.15, -0.1) is 6.58 Å². The smallest absolute Gasteiger partial charge is 0.264 e. The second kappa shape index (κ2) is 16.4. The van der Waals surface area contributed by atoms with Crippen LogP contribution in [0, 0.1) is 33.5 Å². The Hall–Kier alpha value is -3.78. The highest BCUT2D eigenvalue weighted by Gasteiger charge is 2.85. The van der Waals surface area contributed by atoms with E-state index in [0.717, 1.165) is 77.2 Å². The van der Waals surface area contributed by atoms with E-state index in [4.69, 9.17) is 0 Å². The number of fused-ring (bicyclic) bond motifs is 1. The third-order valence-electron chi connectivity index (χ3n) is 16.3. The van der Waals surface area contributed by atoms with E-state index >= 15 is 4.79 Å². The largest absolute Gasteiger partial charge is 0.343 e. The molecule has 0 unspecified atom stereocenters. The number of sulfonamides is 1. The molecule has 61 heavy (non-hydrogen) atoms. The number of carbonyl (C=O) groups excluding carboxylic acids is 5. The van der Waals surface area contributed by atoms with Gasteiger partial charge in [-0.05, 0) is 106 Å². The first-order chi connectivity index (χ1) is 28.7. The van der Waals surface area contributed by atoms with Crippen LogP contribution in [0.4, 0.5) is 0 Å². The van der Waals surface area contributed by atoms with Crippen molar-refractivity contribution in [1.29, 1.82) is 0 Å². The van der Waals surface area contributed by atoms with Crippen LogP contribution in [0.3, 0.4) is 0 Å². The van der Waals surface area contributed by atoms with Gasteiger partial charge in [-0.25, -0.2) is 13.1 Å². The van der Waals surface area contributed by atoms with Gasteiger partial charge in [0.2, 0.25) is 23.6 Å². The highest BCUT2D eigenvalue weighted by Crippen LogP contribution is 2.88. The van der Waals surface area contributed by atoms with E-state index in [2.05, 4.69) is 59.8 Å². The summed E-state index contributed by atoms with van der Waals surface area (Å²) in [7, 11) is -4.24. The molecule has 2 saturated heterocycles. The minimum Gasteiger partial charge on any atom is -0.343 e. The van der Waals surface area contributed by atoms with Gasteiger partial charge in [0.1, 0.15) is 23.7 Å². The van der Waals surface area contributed by atoms with Crippen LogP contribution >= 0.6 is 0 Å². The summed E-state index contributed by atoms with van der Waals surface area (Å²) in [6, 6.07) is 4.60. The molecule has 4 saturated carbocycles. The molecular formula is C47H70N6O7S. The van der Waals surface area contributed by atoms with Crippen LogP contribution in [-0.2, 0) is 34.0 Å². The summed E-state index contributed by atoms with van der Waals surface area (Å²) < 4.78 is 28.7. The molecule has 6 fully saturated rings. The Morgan fingerprint density at radius 1 is 0.836 bits per heavy atom. The van der Waals surface area contributed by atoms with Crippen molar-refractivity contribution in [3.05, 3.63) is 43.0 Å². The van der Waals surface area contributed by atoms with E-state index in [-0.39, 0.29) is 63.3 Å². The molecule has 336 valence electrons. The molecule has 1 aromatic carbocycles. The quantitative estimate of drug-likeness (QED) is 0.196. The lowest BCUT2D eigenvalue weighted by Crippen LogP contribution is -2.63. The highest BCUT2D eigenvalue weighted by atomic mass is 32.2. The first kappa shape index (κ1) is 45.3. The number of hydrogen-bond donors (Lipinski definition) is 4. The number of likely N-dealkylation sites (tertiary alicyclic amines) is 2. The maximum absolute atomic E-state index is 15.3. The predicted molar refractivity (Wildman–Crippen MR) is 233 cm³/mol. The topological polar surface area (TPSA) is 174 Å². The maximum Gasteiger partial charge on any atom is 0.264 e. The van der Waals surface area contributed by atoms with Crippen molar-refractivity contribution >= 4 is 39.6 Å². The molecule has 0 aromatic heterocycles. The number of amides is 5. The van der Waals surface area contributed by atoms with Crippen molar-refractivity contribution in [2.75, 3.05) is 13.1 Å². The van der Waals surface area contributed by atoms with Crippen molar-refractivity contribution in [3.63, 3.8) is 0 Å². The zero-order valence-electron chi connectivity index (χ0n) is 37.5. The normalized spacial score (nSPS) is 30.5. The molecule has 7 atom stereocenters. The molecule has 0 bridgehead atoms. The van der Waals surface area contributed by atoms with Gasteiger partial charge in [0.05, 0.1) is 10.9 Å². The van der Waals surface area contributed by atoms with Gasteiger partial charge in [0.15, 0.2) is 0 Å². The van der Waals surface area contributed by atoms with Crippen molar-refractivity contribution in [2.45, 2.75) is 173 Å². The molecule has 2 spiro atoms. The van der Waals surface area contributed by atoms with Gasteiger partial charge < -0.3 is 20.9 Å². The van der Waals surface area contributed by atoms with Gasteiger partial charge in [-0.1, -0.05) is 91.0 Å². The Kier molecular flexibility index (Phi) is 12.2. The molecular weight excluding hydrogens is 793 g/mol. The number of hydrogen-bond acceptors (Lipinski definition) is 8. The maximum atomic E-state index is 15.3. The third-order valence-corrected chi connectivity index (χ3v) is 17.7. The fourth-order valence-corrected chi connectivity index (χ4v) is 13.3. The van der Waals surface area contributed by atoms with Crippen LogP contribution in [0.25, 0.3) is 0 Å². The second-order valence-corrected chi connectivity index (χ2v) is 22.8. The molecule has 6 aliphatic rings. The average molecular weight is 863 g/mol. The van der Waals surface area contributed by atoms with Crippen LogP contribution < -0.4 is 20.7 Å². The number of piperidine rings is 1. The van der Waals surface area contributed by atoms with Gasteiger partial charge in [0, 0.05) is 23.9 Å². The number of rotatable bonds is 13. The number of carbonyl (C=O) groups is 5. The Balaban J connectivity index is 1.16. The minimum atomic E-state index is -4.24. The standard InChI is InChI=1S/C47H70N6O7S/c1-9-32-27-47(32,42(58)51-61(59,60)33-21-14-11-15-22-33)50-39(55)35-28-46(44(7,8)45(46)24-18-25-45)29-53(35)41(57)37(43(4,5)6)49-40(56)36(31-19-12-10-13-20-31)48-38(54)34-23-16-17-26-52(34)30(2)3/h9,11,14-15,21-22,30-32,34-37H,1,10,12-13,16-20,23-29H2,2-8H3,(H,48,54)(H,49,56)(H,50,55)(H,51,58)/t32-,34+,35+,36+,37-,46-,47-/m1/s1. The van der Waals surface area contributed by atoms with Crippen LogP contribution in [0.1, 0.15) is 132 Å². The second-order valence-electron chi connectivity index (χ2n) is 21.1. The molecule has 4 N–H and O–H groups in total. The van der Waals surface area contributed by atoms with Crippen LogP contribution in [-0.4, -0.2) is 96.6 Å². The summed E-state index contributed by atoms with van der Waals surface area (Å²) in [5.41, 5.74) is -2.89. The summed E-state index contributed by atoms with van der Waals surface area (Å²) in [5.74, 6) is -2.91. The molecule has 5 amide bonds. The number of nitrogens with zero attached hydrogens (tertiary/aromatic N) is 2. The van der Waals surface area contributed by atoms with E-state index in [9.17, 15) is 27.6 Å². The Morgan fingerprint density at radius 2 is 1.49 bits per heavy atom. The third kappa shape index (κ3) is 7.84.